The molecule has 0 radical (unpaired) electrons. The first-order chi connectivity index (χ1) is 15.0. The van der Waals surface area contributed by atoms with Crippen molar-refractivity contribution in [3.63, 3.8) is 0 Å². The summed E-state index contributed by atoms with van der Waals surface area (Å²) >= 11 is 0. The van der Waals surface area contributed by atoms with Gasteiger partial charge in [-0.3, -0.25) is 4.68 Å². The third kappa shape index (κ3) is 4.61. The van der Waals surface area contributed by atoms with Crippen molar-refractivity contribution in [2.24, 2.45) is 7.05 Å². The lowest BCUT2D eigenvalue weighted by Gasteiger charge is -2.29. The molecule has 0 spiro atoms. The van der Waals surface area contributed by atoms with Crippen LogP contribution in [-0.2, 0) is 18.3 Å². The zero-order valence-corrected chi connectivity index (χ0v) is 16.9. The van der Waals surface area contributed by atoms with Crippen LogP contribution in [0.3, 0.4) is 0 Å². The van der Waals surface area contributed by atoms with E-state index in [0.717, 1.165) is 6.21 Å². The minimum Gasteiger partial charge on any atom is -0.378 e. The van der Waals surface area contributed by atoms with Gasteiger partial charge in [0.2, 0.25) is 5.95 Å². The molecule has 1 aliphatic heterocycles. The highest BCUT2D eigenvalue weighted by Crippen LogP contribution is 2.26. The summed E-state index contributed by atoms with van der Waals surface area (Å²) in [5.41, 5.74) is 1.32. The monoisotopic (exact) mass is 428 g/mol. The van der Waals surface area contributed by atoms with Crippen LogP contribution in [0.25, 0.3) is 0 Å². The summed E-state index contributed by atoms with van der Waals surface area (Å²) in [6.07, 6.45) is 5.90. The van der Waals surface area contributed by atoms with Crippen molar-refractivity contribution in [2.75, 3.05) is 41.8 Å². The minimum atomic E-state index is -0.652. The Kier molecular flexibility index (Phi) is 6.03. The molecule has 162 valence electrons. The van der Waals surface area contributed by atoms with E-state index in [4.69, 9.17) is 10.1 Å². The molecule has 0 bridgehead atoms. The average molecular weight is 428 g/mol. The average Bonchev–Trinajstić information content (AvgIpc) is 3.19. The Morgan fingerprint density at radius 3 is 2.74 bits per heavy atom. The number of nitrogens with one attached hydrogen (secondary N) is 3. The van der Waals surface area contributed by atoms with Gasteiger partial charge in [0.15, 0.2) is 5.82 Å². The fourth-order valence-electron chi connectivity index (χ4n) is 3.28. The van der Waals surface area contributed by atoms with Crippen LogP contribution in [0.1, 0.15) is 11.1 Å². The Bertz CT molecular complexity index is 1080. The van der Waals surface area contributed by atoms with Gasteiger partial charge in [0.25, 0.3) is 0 Å². The Morgan fingerprint density at radius 1 is 1.23 bits per heavy atom. The van der Waals surface area contributed by atoms with Crippen LogP contribution in [-0.4, -0.2) is 52.3 Å². The Morgan fingerprint density at radius 2 is 2.03 bits per heavy atom. The van der Waals surface area contributed by atoms with E-state index in [1.165, 1.54) is 18.3 Å². The second kappa shape index (κ2) is 9.04. The molecule has 11 heteroatoms. The van der Waals surface area contributed by atoms with E-state index in [1.807, 2.05) is 4.90 Å². The van der Waals surface area contributed by atoms with Crippen LogP contribution in [0.15, 0.2) is 30.7 Å². The van der Waals surface area contributed by atoms with Crippen molar-refractivity contribution < 1.29 is 13.5 Å². The number of aryl methyl sites for hydroxylation is 1. The molecule has 0 saturated carbocycles. The summed E-state index contributed by atoms with van der Waals surface area (Å²) in [7, 11) is 1.78. The maximum Gasteiger partial charge on any atom is 0.229 e. The van der Waals surface area contributed by atoms with Crippen LogP contribution >= 0.6 is 0 Å². The molecule has 1 saturated heterocycles. The van der Waals surface area contributed by atoms with Gasteiger partial charge in [0.05, 0.1) is 36.3 Å². The van der Waals surface area contributed by atoms with Crippen molar-refractivity contribution in [1.82, 2.24) is 19.7 Å². The predicted molar refractivity (Wildman–Crippen MR) is 113 cm³/mol. The van der Waals surface area contributed by atoms with E-state index >= 15 is 4.39 Å². The molecular weight excluding hydrogens is 406 g/mol. The summed E-state index contributed by atoms with van der Waals surface area (Å²) in [5.74, 6) is -0.717. The van der Waals surface area contributed by atoms with Gasteiger partial charge in [0.1, 0.15) is 11.6 Å². The van der Waals surface area contributed by atoms with Crippen LogP contribution in [0.5, 0.6) is 0 Å². The highest BCUT2D eigenvalue weighted by Gasteiger charge is 2.20. The van der Waals surface area contributed by atoms with Crippen LogP contribution in [0, 0.1) is 17.0 Å². The van der Waals surface area contributed by atoms with Gasteiger partial charge in [-0.15, -0.1) is 0 Å². The van der Waals surface area contributed by atoms with Gasteiger partial charge in [-0.25, -0.2) is 13.8 Å². The lowest BCUT2D eigenvalue weighted by molar-refractivity contribution is 0.122. The van der Waals surface area contributed by atoms with E-state index < -0.39 is 11.6 Å². The molecule has 1 aliphatic rings. The van der Waals surface area contributed by atoms with E-state index in [-0.39, 0.29) is 23.9 Å². The molecule has 2 aromatic heterocycles. The normalized spacial score (nSPS) is 13.8. The number of anilines is 4. The Labute approximate surface area is 177 Å². The van der Waals surface area contributed by atoms with Gasteiger partial charge < -0.3 is 25.7 Å². The van der Waals surface area contributed by atoms with Gasteiger partial charge in [-0.1, -0.05) is 0 Å². The molecular formula is C20H22F2N8O. The lowest BCUT2D eigenvalue weighted by atomic mass is 10.1. The molecule has 0 amide bonds. The zero-order valence-electron chi connectivity index (χ0n) is 16.9. The smallest absolute Gasteiger partial charge is 0.229 e. The van der Waals surface area contributed by atoms with Gasteiger partial charge in [0, 0.05) is 50.9 Å². The summed E-state index contributed by atoms with van der Waals surface area (Å²) in [4.78, 5) is 10.3. The second-order valence-corrected chi connectivity index (χ2v) is 6.98. The standard InChI is InChI=1S/C20H22F2N8O/c1-29-12-14(10-26-29)27-20-25-9-13(8-23)19(28-20)24-11-15-16(21)2-3-17(18(15)22)30-4-6-31-7-5-30/h2-3,8-10,12,23H,4-7,11H2,1H3,(H2,24,25,27,28). The third-order valence-corrected chi connectivity index (χ3v) is 4.88. The van der Waals surface area contributed by atoms with Crippen molar-refractivity contribution >= 4 is 29.4 Å². The fourth-order valence-corrected chi connectivity index (χ4v) is 3.28. The molecule has 3 N–H and O–H groups in total. The molecule has 0 aliphatic carbocycles. The summed E-state index contributed by atoms with van der Waals surface area (Å²) in [5, 5.41) is 17.6. The minimum absolute atomic E-state index is 0.0969. The molecule has 3 aromatic rings. The molecule has 0 atom stereocenters. The maximum atomic E-state index is 15.1. The first-order valence-electron chi connectivity index (χ1n) is 9.72. The van der Waals surface area contributed by atoms with Crippen molar-refractivity contribution in [3.05, 3.63) is 53.5 Å². The van der Waals surface area contributed by atoms with Crippen molar-refractivity contribution in [2.45, 2.75) is 6.54 Å². The number of benzene rings is 1. The molecule has 9 nitrogen and oxygen atoms in total. The highest BCUT2D eigenvalue weighted by atomic mass is 19.1. The van der Waals surface area contributed by atoms with Gasteiger partial charge in [-0.2, -0.15) is 10.1 Å². The van der Waals surface area contributed by atoms with Gasteiger partial charge >= 0.3 is 0 Å². The van der Waals surface area contributed by atoms with E-state index in [1.54, 1.807) is 24.1 Å². The fraction of sp³-hybridized carbons (Fsp3) is 0.300. The first kappa shape index (κ1) is 20.7. The summed E-state index contributed by atoms with van der Waals surface area (Å²) in [6.45, 7) is 1.95. The van der Waals surface area contributed by atoms with E-state index in [0.29, 0.717) is 43.2 Å². The molecule has 31 heavy (non-hydrogen) atoms. The Hall–Kier alpha value is -3.60. The van der Waals surface area contributed by atoms with E-state index in [9.17, 15) is 4.39 Å². The quantitative estimate of drug-likeness (QED) is 0.497. The number of hydrogen-bond acceptors (Lipinski definition) is 8. The van der Waals surface area contributed by atoms with Gasteiger partial charge in [-0.05, 0) is 12.1 Å². The second-order valence-electron chi connectivity index (χ2n) is 6.98. The topological polar surface area (TPSA) is 104 Å². The number of halogens is 2. The third-order valence-electron chi connectivity index (χ3n) is 4.88. The zero-order chi connectivity index (χ0) is 21.8. The van der Waals surface area contributed by atoms with Crippen LogP contribution < -0.4 is 15.5 Å². The summed E-state index contributed by atoms with van der Waals surface area (Å²) in [6, 6.07) is 2.71. The number of rotatable bonds is 7. The number of hydrogen-bond donors (Lipinski definition) is 3. The maximum absolute atomic E-state index is 15.1. The van der Waals surface area contributed by atoms with Crippen LogP contribution in [0.4, 0.5) is 31.9 Å². The highest BCUT2D eigenvalue weighted by molar-refractivity contribution is 5.84. The van der Waals surface area contributed by atoms with E-state index in [2.05, 4.69) is 25.7 Å². The SMILES string of the molecule is Cn1cc(Nc2ncc(C=N)c(NCc3c(F)ccc(N4CCOCC4)c3F)n2)cn1. The predicted octanol–water partition coefficient (Wildman–Crippen LogP) is 2.68. The number of morpholine rings is 1. The van der Waals surface area contributed by atoms with Crippen molar-refractivity contribution in [3.8, 4) is 0 Å². The molecule has 1 fully saturated rings. The molecule has 0 unspecified atom stereocenters. The molecule has 4 rings (SSSR count). The molecule has 1 aromatic carbocycles. The summed E-state index contributed by atoms with van der Waals surface area (Å²) < 4.78 is 36.5. The Balaban J connectivity index is 1.55. The van der Waals surface area contributed by atoms with Crippen molar-refractivity contribution in [1.29, 1.82) is 5.41 Å². The largest absolute Gasteiger partial charge is 0.378 e. The lowest BCUT2D eigenvalue weighted by Crippen LogP contribution is -2.37. The molecule has 3 heterocycles. The number of nitrogens with zero attached hydrogens (tertiary/aromatic N) is 5. The van der Waals surface area contributed by atoms with Crippen LogP contribution in [0.2, 0.25) is 0 Å². The first-order valence-corrected chi connectivity index (χ1v) is 9.72. The number of ether oxygens (including phenoxy) is 1. The number of aromatic nitrogens is 4.